The Hall–Kier alpha value is -6.72. The SMILES string of the molecule is NC(=NC(N=Cc1ccccc1)c1ccccc1)n1c2ccccc2c2ccc(-c3ccc4c(c3)c3ccccc3n4-c3ccccc3)cc21. The van der Waals surface area contributed by atoms with Crippen LogP contribution in [-0.4, -0.2) is 21.3 Å². The Morgan fingerprint density at radius 3 is 1.82 bits per heavy atom. The minimum absolute atomic E-state index is 0.383. The highest BCUT2D eigenvalue weighted by molar-refractivity contribution is 6.15. The van der Waals surface area contributed by atoms with E-state index in [1.54, 1.807) is 0 Å². The van der Waals surface area contributed by atoms with Crippen LogP contribution in [0, 0.1) is 0 Å². The zero-order valence-corrected chi connectivity index (χ0v) is 27.3. The highest BCUT2D eigenvalue weighted by atomic mass is 15.2. The Morgan fingerprint density at radius 1 is 0.500 bits per heavy atom. The van der Waals surface area contributed by atoms with Crippen molar-refractivity contribution in [2.24, 2.45) is 15.7 Å². The van der Waals surface area contributed by atoms with Crippen LogP contribution in [0.3, 0.4) is 0 Å². The first-order valence-electron chi connectivity index (χ1n) is 16.8. The van der Waals surface area contributed by atoms with Gasteiger partial charge in [0.05, 0.1) is 22.1 Å². The van der Waals surface area contributed by atoms with E-state index in [0.717, 1.165) is 49.7 Å². The topological polar surface area (TPSA) is 60.6 Å². The number of aromatic nitrogens is 2. The lowest BCUT2D eigenvalue weighted by molar-refractivity contribution is 0.774. The average Bonchev–Trinajstić information content (AvgIpc) is 3.70. The van der Waals surface area contributed by atoms with Gasteiger partial charge in [0.15, 0.2) is 6.17 Å². The molecule has 1 atom stereocenters. The highest BCUT2D eigenvalue weighted by Crippen LogP contribution is 2.37. The van der Waals surface area contributed by atoms with Crippen LogP contribution in [0.5, 0.6) is 0 Å². The summed E-state index contributed by atoms with van der Waals surface area (Å²) in [6.45, 7) is 0. The Morgan fingerprint density at radius 2 is 1.06 bits per heavy atom. The van der Waals surface area contributed by atoms with Gasteiger partial charge in [-0.2, -0.15) is 0 Å². The molecule has 50 heavy (non-hydrogen) atoms. The van der Waals surface area contributed by atoms with Gasteiger partial charge in [0.25, 0.3) is 0 Å². The third-order valence-corrected chi connectivity index (χ3v) is 9.44. The molecule has 2 heterocycles. The summed E-state index contributed by atoms with van der Waals surface area (Å²) in [5.41, 5.74) is 16.7. The summed E-state index contributed by atoms with van der Waals surface area (Å²) in [7, 11) is 0. The maximum absolute atomic E-state index is 7.00. The van der Waals surface area contributed by atoms with Crippen LogP contribution < -0.4 is 5.73 Å². The lowest BCUT2D eigenvalue weighted by atomic mass is 10.0. The van der Waals surface area contributed by atoms with Gasteiger partial charge in [-0.1, -0.05) is 133 Å². The van der Waals surface area contributed by atoms with Crippen molar-refractivity contribution in [3.63, 3.8) is 0 Å². The van der Waals surface area contributed by atoms with E-state index < -0.39 is 6.17 Å². The zero-order chi connectivity index (χ0) is 33.4. The molecule has 0 aliphatic rings. The predicted octanol–water partition coefficient (Wildman–Crippen LogP) is 10.5. The third-order valence-electron chi connectivity index (χ3n) is 9.44. The molecule has 0 radical (unpaired) electrons. The van der Waals surface area contributed by atoms with Crippen LogP contribution in [0.25, 0.3) is 60.4 Å². The molecule has 0 aliphatic carbocycles. The molecule has 5 nitrogen and oxygen atoms in total. The standard InChI is InChI=1S/C45H33N5/c46-45(48-44(32-16-6-2-7-17-32)47-30-31-14-4-1-5-15-31)50-41-23-13-10-20-36(41)38-26-24-34(29-43(38)50)33-25-27-42-39(28-33)37-21-11-12-22-40(37)49(42)35-18-8-3-9-19-35/h1-30,44H,(H2,46,48). The number of benzene rings is 7. The molecule has 1 unspecified atom stereocenters. The first-order valence-corrected chi connectivity index (χ1v) is 16.8. The van der Waals surface area contributed by atoms with Gasteiger partial charge < -0.3 is 10.3 Å². The first-order chi connectivity index (χ1) is 24.7. The van der Waals surface area contributed by atoms with Gasteiger partial charge in [0, 0.05) is 33.4 Å². The summed E-state index contributed by atoms with van der Waals surface area (Å²) >= 11 is 0. The molecule has 9 aromatic rings. The Balaban J connectivity index is 1.20. The van der Waals surface area contributed by atoms with Gasteiger partial charge in [-0.15, -0.1) is 0 Å². The van der Waals surface area contributed by atoms with Crippen LogP contribution in [0.15, 0.2) is 186 Å². The average molecular weight is 644 g/mol. The Bertz CT molecular complexity index is 2700. The lowest BCUT2D eigenvalue weighted by Gasteiger charge is -2.13. The molecule has 0 saturated heterocycles. The molecule has 0 amide bonds. The van der Waals surface area contributed by atoms with Crippen molar-refractivity contribution in [1.82, 2.24) is 9.13 Å². The molecule has 5 heteroatoms. The molecule has 0 saturated carbocycles. The van der Waals surface area contributed by atoms with Crippen molar-refractivity contribution in [1.29, 1.82) is 0 Å². The summed E-state index contributed by atoms with van der Waals surface area (Å²) in [4.78, 5) is 9.98. The number of para-hydroxylation sites is 3. The molecule has 9 rings (SSSR count). The van der Waals surface area contributed by atoms with E-state index in [9.17, 15) is 0 Å². The molecule has 2 N–H and O–H groups in total. The summed E-state index contributed by atoms with van der Waals surface area (Å²) in [6, 6.07) is 61.1. The van der Waals surface area contributed by atoms with Crippen LogP contribution in [0.4, 0.5) is 0 Å². The number of rotatable bonds is 6. The van der Waals surface area contributed by atoms with Crippen molar-refractivity contribution in [2.45, 2.75) is 6.17 Å². The number of nitrogens with two attached hydrogens (primary N) is 1. The van der Waals surface area contributed by atoms with E-state index in [1.165, 1.54) is 21.8 Å². The summed E-state index contributed by atoms with van der Waals surface area (Å²) in [6.07, 6.45) is 1.35. The van der Waals surface area contributed by atoms with Gasteiger partial charge in [-0.05, 0) is 64.7 Å². The largest absolute Gasteiger partial charge is 0.369 e. The first kappa shape index (κ1) is 29.4. The zero-order valence-electron chi connectivity index (χ0n) is 27.3. The number of hydrogen-bond donors (Lipinski definition) is 1. The molecular weight excluding hydrogens is 611 g/mol. The van der Waals surface area contributed by atoms with Gasteiger partial charge >= 0.3 is 0 Å². The van der Waals surface area contributed by atoms with Gasteiger partial charge in [0.1, 0.15) is 0 Å². The fourth-order valence-corrected chi connectivity index (χ4v) is 7.10. The van der Waals surface area contributed by atoms with E-state index in [1.807, 2.05) is 72.9 Å². The lowest BCUT2D eigenvalue weighted by Crippen LogP contribution is -2.23. The second-order valence-electron chi connectivity index (χ2n) is 12.5. The van der Waals surface area contributed by atoms with Gasteiger partial charge in [-0.3, -0.25) is 9.56 Å². The van der Waals surface area contributed by atoms with Crippen LogP contribution >= 0.6 is 0 Å². The van der Waals surface area contributed by atoms with E-state index in [-0.39, 0.29) is 0 Å². The molecular formula is C45H33N5. The molecule has 7 aromatic carbocycles. The van der Waals surface area contributed by atoms with Gasteiger partial charge in [-0.25, -0.2) is 4.99 Å². The highest BCUT2D eigenvalue weighted by Gasteiger charge is 2.18. The quantitative estimate of drug-likeness (QED) is 0.142. The summed E-state index contributed by atoms with van der Waals surface area (Å²) < 4.78 is 4.41. The molecule has 0 aliphatic heterocycles. The monoisotopic (exact) mass is 643 g/mol. The second-order valence-corrected chi connectivity index (χ2v) is 12.5. The summed E-state index contributed by atoms with van der Waals surface area (Å²) in [5, 5.41) is 4.68. The van der Waals surface area contributed by atoms with Crippen molar-refractivity contribution in [2.75, 3.05) is 0 Å². The molecule has 2 aromatic heterocycles. The minimum atomic E-state index is -0.514. The second kappa shape index (κ2) is 12.4. The number of nitrogens with zero attached hydrogens (tertiary/aromatic N) is 4. The minimum Gasteiger partial charge on any atom is -0.369 e. The Kier molecular flexibility index (Phi) is 7.29. The Labute approximate surface area is 289 Å². The van der Waals surface area contributed by atoms with Crippen LogP contribution in [-0.2, 0) is 0 Å². The van der Waals surface area contributed by atoms with Crippen molar-refractivity contribution < 1.29 is 0 Å². The predicted molar refractivity (Wildman–Crippen MR) is 209 cm³/mol. The fraction of sp³-hybridized carbons (Fsp3) is 0.0222. The third kappa shape index (κ3) is 5.13. The van der Waals surface area contributed by atoms with E-state index in [4.69, 9.17) is 15.7 Å². The maximum Gasteiger partial charge on any atom is 0.203 e. The number of hydrogen-bond acceptors (Lipinski definition) is 2. The smallest absolute Gasteiger partial charge is 0.203 e. The normalized spacial score (nSPS) is 12.8. The molecule has 0 fully saturated rings. The van der Waals surface area contributed by atoms with E-state index in [0.29, 0.717) is 5.96 Å². The van der Waals surface area contributed by atoms with E-state index >= 15 is 0 Å². The summed E-state index contributed by atoms with van der Waals surface area (Å²) in [5.74, 6) is 0.383. The van der Waals surface area contributed by atoms with E-state index in [2.05, 4.69) is 118 Å². The van der Waals surface area contributed by atoms with Crippen molar-refractivity contribution in [3.05, 3.63) is 187 Å². The number of aliphatic imine (C=N–C) groups is 2. The number of fused-ring (bicyclic) bond motifs is 6. The van der Waals surface area contributed by atoms with Crippen LogP contribution in [0.1, 0.15) is 17.3 Å². The molecule has 0 spiro atoms. The van der Waals surface area contributed by atoms with Gasteiger partial charge in [0.2, 0.25) is 5.96 Å². The van der Waals surface area contributed by atoms with Crippen molar-refractivity contribution in [3.8, 4) is 16.8 Å². The maximum atomic E-state index is 7.00. The van der Waals surface area contributed by atoms with Crippen LogP contribution in [0.2, 0.25) is 0 Å². The van der Waals surface area contributed by atoms with Crippen molar-refractivity contribution >= 4 is 55.8 Å². The molecule has 238 valence electrons. The fourth-order valence-electron chi connectivity index (χ4n) is 7.10. The molecule has 0 bridgehead atoms.